The Morgan fingerprint density at radius 2 is 0.913 bits per heavy atom. The first-order valence-electron chi connectivity index (χ1n) is 27.4. The lowest BCUT2D eigenvalue weighted by atomic mass is 9.91. The standard InChI is InChI=1S/C43H78NO45P3/c44-1-2-76-91(71,72)89-92(73,74)88-36-29(12(52)5-46)81-40(80-28-10(50)3-43(67,42(65)66)86-31(28)13(53)6-47)26(64)34(36)85-41-25(63)33(84-39-24(62)32(18(56)16(8-49)78-39)83-38-23(61)19(57)17(55)15(7-48)77-38)35(87-90(68,69)70)30(82-41)14(54)9-75-37-22(60)20(58)21(59)27(79-37)11(51)4-45/h10-41,45-64,67H,1-9,44H2,(H,65,66)(H,71,72)(H,73,74)(H2,68,69,70)/t10-,11+,12+,13-,14+,15-,16-,17-,18-,19+,20+,21+,22+,23-,24-,25+,26+,27-,28-,29-,30-,31-,32+,33-,34-,35-,36-,37+,38-,39-,40+,41-,43-/m1/s1. The van der Waals surface area contributed by atoms with Crippen LogP contribution < -0.4 is 5.73 Å². The summed E-state index contributed by atoms with van der Waals surface area (Å²) >= 11 is 0. The average Bonchev–Trinajstić information content (AvgIpc) is 0.765. The normalized spacial score (nSPS) is 45.1. The molecular formula is C43H78NO45P3. The Kier molecular flexibility index (Phi) is 28.6. The lowest BCUT2D eigenvalue weighted by Crippen LogP contribution is -2.70. The molecule has 0 radical (unpaired) electrons. The molecule has 0 bridgehead atoms. The number of ether oxygens (including phenoxy) is 11. The monoisotopic (exact) mass is 1420 g/mol. The van der Waals surface area contributed by atoms with Crippen molar-refractivity contribution in [2.75, 3.05) is 52.8 Å². The highest BCUT2D eigenvalue weighted by atomic mass is 31.3. The first-order valence-corrected chi connectivity index (χ1v) is 31.9. The van der Waals surface area contributed by atoms with Gasteiger partial charge in [-0.05, 0) is 0 Å². The molecule has 0 aromatic carbocycles. The van der Waals surface area contributed by atoms with E-state index in [2.05, 4.69) is 8.83 Å². The molecule has 6 rings (SSSR count). The van der Waals surface area contributed by atoms with Crippen molar-refractivity contribution in [3.8, 4) is 0 Å². The summed E-state index contributed by atoms with van der Waals surface area (Å²) in [6, 6.07) is 0. The molecule has 0 aromatic rings. The van der Waals surface area contributed by atoms with E-state index in [-0.39, 0.29) is 0 Å². The van der Waals surface area contributed by atoms with Crippen molar-refractivity contribution in [3.05, 3.63) is 0 Å². The molecular weight excluding hydrogens is 1340 g/mol. The number of nitrogens with two attached hydrogens (primary N) is 1. The molecule has 2 unspecified atom stereocenters. The number of phosphoric ester groups is 3. The highest BCUT2D eigenvalue weighted by molar-refractivity contribution is 7.61. The molecule has 6 heterocycles. The third-order valence-electron chi connectivity index (χ3n) is 15.0. The minimum absolute atomic E-state index is 0.539. The highest BCUT2D eigenvalue weighted by Gasteiger charge is 2.62. The van der Waals surface area contributed by atoms with Crippen LogP contribution in [0.4, 0.5) is 0 Å². The largest absolute Gasteiger partial charge is 0.481 e. The molecule has 6 saturated heterocycles. The van der Waals surface area contributed by atoms with Crippen molar-refractivity contribution >= 4 is 29.4 Å². The summed E-state index contributed by atoms with van der Waals surface area (Å²) in [6.45, 7) is -9.33. The predicted molar refractivity (Wildman–Crippen MR) is 274 cm³/mol. The zero-order valence-corrected chi connectivity index (χ0v) is 49.8. The van der Waals surface area contributed by atoms with E-state index in [1.54, 1.807) is 0 Å². The van der Waals surface area contributed by atoms with Gasteiger partial charge in [-0.15, -0.1) is 0 Å². The average molecular weight is 1420 g/mol. The lowest BCUT2D eigenvalue weighted by Gasteiger charge is -2.51. The number of aliphatic carboxylic acids is 1. The van der Waals surface area contributed by atoms with Gasteiger partial charge in [0, 0.05) is 13.0 Å². The Balaban J connectivity index is 1.49. The second-order valence-corrected chi connectivity index (χ2v) is 25.7. The summed E-state index contributed by atoms with van der Waals surface area (Å²) in [5, 5.41) is 237. The van der Waals surface area contributed by atoms with Crippen molar-refractivity contribution in [1.82, 2.24) is 0 Å². The number of phosphoric acid groups is 3. The molecule has 0 aromatic heterocycles. The molecule has 6 fully saturated rings. The molecule has 92 heavy (non-hydrogen) atoms. The van der Waals surface area contributed by atoms with Gasteiger partial charge in [-0.3, -0.25) is 13.6 Å². The zero-order valence-electron chi connectivity index (χ0n) is 47.1. The van der Waals surface area contributed by atoms with Crippen LogP contribution in [0, 0.1) is 0 Å². The van der Waals surface area contributed by atoms with Gasteiger partial charge in [0.05, 0.1) is 52.4 Å². The second kappa shape index (κ2) is 33.1. The van der Waals surface area contributed by atoms with Gasteiger partial charge in [-0.25, -0.2) is 18.5 Å². The van der Waals surface area contributed by atoms with Crippen LogP contribution in [0.3, 0.4) is 0 Å². The number of aliphatic hydroxyl groups excluding tert-OH is 20. The van der Waals surface area contributed by atoms with Crippen LogP contribution in [0.1, 0.15) is 6.42 Å². The Labute approximate surface area is 516 Å². The second-order valence-electron chi connectivity index (χ2n) is 21.5. The SMILES string of the molecule is NCCOP(=O)(O)OP(=O)(O)O[C@H]1[C@H](O[C@H]2O[C@H]([C@@H](O)CO[C@H]3O[C@H]([C@@H](O)CO)[C@@H](O)[C@H](O)[C@@H]3O)[C@@H](OP(=O)(O)O)[C@H](O[C@H]3O[C@H](CO)[C@@H](O)[C@H](O[C@H]4O[C@H](CO)[C@@H](O)[C@H](O)[C@H]4O)[C@H]3O)[C@@H]2O)[C@H](O)[C@@H](O[C@H]2[C@@H]([C@H](O)CO)O[C@@](O)(C(=O)O)C[C@H]2O)O[C@@H]1[C@@H](O)CO. The van der Waals surface area contributed by atoms with Gasteiger partial charge in [-0.1, -0.05) is 0 Å². The fourth-order valence-corrected chi connectivity index (χ4v) is 13.2. The van der Waals surface area contributed by atoms with Crippen LogP contribution in [0.25, 0.3) is 0 Å². The summed E-state index contributed by atoms with van der Waals surface area (Å²) < 4.78 is 119. The number of carbonyl (C=O) groups is 1. The van der Waals surface area contributed by atoms with Gasteiger partial charge in [0.25, 0.3) is 5.79 Å². The highest BCUT2D eigenvalue weighted by Crippen LogP contribution is 2.62. The number of aliphatic hydroxyl groups is 21. The van der Waals surface area contributed by atoms with Crippen LogP contribution in [-0.2, 0) is 88.5 Å². The number of hydrogen-bond acceptors (Lipinski definition) is 41. The summed E-state index contributed by atoms with van der Waals surface area (Å²) in [5.41, 5.74) is 5.27. The third-order valence-corrected chi connectivity index (χ3v) is 18.2. The van der Waals surface area contributed by atoms with E-state index in [4.69, 9.17) is 66.9 Å². The van der Waals surface area contributed by atoms with E-state index in [9.17, 15) is 150 Å². The Bertz CT molecular complexity index is 2460. The van der Waals surface area contributed by atoms with Gasteiger partial charge in [-0.2, -0.15) is 4.31 Å². The maximum Gasteiger partial charge on any atom is 0.481 e. The molecule has 0 saturated carbocycles. The number of carboxylic acids is 1. The fraction of sp³-hybridized carbons (Fsp3) is 0.977. The van der Waals surface area contributed by atoms with Gasteiger partial charge in [0.2, 0.25) is 0 Å². The molecule has 540 valence electrons. The summed E-state index contributed by atoms with van der Waals surface area (Å²) in [6.07, 6.45) is -80.4. The molecule has 35 atom stereocenters. The van der Waals surface area contributed by atoms with Crippen LogP contribution in [0.2, 0.25) is 0 Å². The molecule has 6 aliphatic heterocycles. The van der Waals surface area contributed by atoms with Crippen LogP contribution in [0.15, 0.2) is 0 Å². The number of hydrogen-bond donors (Lipinski definition) is 27. The van der Waals surface area contributed by atoms with Crippen molar-refractivity contribution in [2.24, 2.45) is 5.73 Å². The van der Waals surface area contributed by atoms with Gasteiger partial charge < -0.3 is 190 Å². The Hall–Kier alpha value is -1.48. The quantitative estimate of drug-likeness (QED) is 0.0297. The van der Waals surface area contributed by atoms with E-state index in [1.165, 1.54) is 0 Å². The first kappa shape index (κ1) is 79.5. The number of carboxylic acid groups (broad SMARTS) is 1. The van der Waals surface area contributed by atoms with Gasteiger partial charge in [0.1, 0.15) is 159 Å². The minimum atomic E-state index is -6.40. The van der Waals surface area contributed by atoms with E-state index in [1.807, 2.05) is 0 Å². The molecule has 6 aliphatic rings. The minimum Gasteiger partial charge on any atom is -0.477 e. The topological polar surface area (TPSA) is 759 Å². The third kappa shape index (κ3) is 18.7. The summed E-state index contributed by atoms with van der Waals surface area (Å²) in [5.74, 6) is -5.56. The van der Waals surface area contributed by atoms with Crippen LogP contribution in [0.5, 0.6) is 0 Å². The first-order chi connectivity index (χ1) is 42.8. The Morgan fingerprint density at radius 1 is 0.489 bits per heavy atom. The molecule has 0 amide bonds. The molecule has 0 spiro atoms. The van der Waals surface area contributed by atoms with Crippen molar-refractivity contribution < 1.29 is 220 Å². The zero-order chi connectivity index (χ0) is 69.0. The van der Waals surface area contributed by atoms with E-state index in [0.29, 0.717) is 0 Å². The van der Waals surface area contributed by atoms with Crippen molar-refractivity contribution in [1.29, 1.82) is 0 Å². The lowest BCUT2D eigenvalue weighted by molar-refractivity contribution is -0.398. The van der Waals surface area contributed by atoms with Crippen molar-refractivity contribution in [2.45, 2.75) is 208 Å². The molecule has 46 nitrogen and oxygen atoms in total. The maximum atomic E-state index is 13.8. The van der Waals surface area contributed by atoms with Crippen molar-refractivity contribution in [3.63, 3.8) is 0 Å². The van der Waals surface area contributed by atoms with Crippen LogP contribution >= 0.6 is 23.5 Å². The van der Waals surface area contributed by atoms with Crippen LogP contribution in [-0.4, -0.2) is 393 Å². The molecule has 0 aliphatic carbocycles. The molecule has 49 heteroatoms. The summed E-state index contributed by atoms with van der Waals surface area (Å²) in [4.78, 5) is 54.1. The predicted octanol–water partition coefficient (Wildman–Crippen LogP) is -15.8. The smallest absolute Gasteiger partial charge is 0.477 e. The van der Waals surface area contributed by atoms with Gasteiger partial charge in [0.15, 0.2) is 31.5 Å². The van der Waals surface area contributed by atoms with Gasteiger partial charge >= 0.3 is 29.4 Å². The Morgan fingerprint density at radius 3 is 1.42 bits per heavy atom. The molecule has 28 N–H and O–H groups in total. The fourth-order valence-electron chi connectivity index (χ4n) is 10.4. The van der Waals surface area contributed by atoms with E-state index < -0.39 is 291 Å². The summed E-state index contributed by atoms with van der Waals surface area (Å²) in [7, 11) is -18.4. The van der Waals surface area contributed by atoms with E-state index >= 15 is 0 Å². The maximum absolute atomic E-state index is 13.8. The van der Waals surface area contributed by atoms with E-state index in [0.717, 1.165) is 0 Å². The number of rotatable bonds is 30.